The molecule has 1 aromatic carbocycles. The van der Waals surface area contributed by atoms with Gasteiger partial charge in [0, 0.05) is 17.9 Å². The average Bonchev–Trinajstić information content (AvgIpc) is 2.69. The molecule has 1 aromatic rings. The third kappa shape index (κ3) is 2.69. The largest absolute Gasteiger partial charge is 0.573 e. The molecule has 16 heavy (non-hydrogen) atoms. The molecule has 0 saturated heterocycles. The number of ether oxygens (including phenoxy) is 1. The molecule has 0 amide bonds. The van der Waals surface area contributed by atoms with E-state index in [1.807, 2.05) is 0 Å². The van der Waals surface area contributed by atoms with Gasteiger partial charge in [0.2, 0.25) is 0 Å². The predicted octanol–water partition coefficient (Wildman–Crippen LogP) is 3.08. The first-order valence-corrected chi connectivity index (χ1v) is 5.57. The zero-order valence-corrected chi connectivity index (χ0v) is 8.94. The van der Waals surface area contributed by atoms with Gasteiger partial charge >= 0.3 is 6.36 Å². The Kier molecular flexibility index (Phi) is 3.09. The van der Waals surface area contributed by atoms with Crippen LogP contribution in [0.1, 0.15) is 5.56 Å². The molecular weight excluding hydrogens is 239 g/mol. The van der Waals surface area contributed by atoms with Crippen LogP contribution in [0.25, 0.3) is 0 Å². The summed E-state index contributed by atoms with van der Waals surface area (Å²) >= 11 is 1.44. The zero-order valence-electron chi connectivity index (χ0n) is 8.12. The Morgan fingerprint density at radius 3 is 2.62 bits per heavy atom. The highest BCUT2D eigenvalue weighted by molar-refractivity contribution is 8.14. The average molecular weight is 247 g/mol. The number of aliphatic imine (C=N–C) groups is 1. The first-order valence-electron chi connectivity index (χ1n) is 4.59. The lowest BCUT2D eigenvalue weighted by Gasteiger charge is -2.12. The molecule has 0 bridgehead atoms. The molecule has 0 fully saturated rings. The number of para-hydroxylation sites is 1. The summed E-state index contributed by atoms with van der Waals surface area (Å²) in [6, 6.07) is 6.05. The van der Waals surface area contributed by atoms with Gasteiger partial charge in [-0.05, 0) is 12.1 Å². The molecule has 0 saturated carbocycles. The Bertz CT molecular complexity index is 417. The van der Waals surface area contributed by atoms with Gasteiger partial charge in [-0.3, -0.25) is 4.99 Å². The van der Waals surface area contributed by atoms with Crippen LogP contribution in [0.2, 0.25) is 0 Å². The summed E-state index contributed by atoms with van der Waals surface area (Å²) in [5, 5.41) is 0.611. The van der Waals surface area contributed by atoms with Crippen LogP contribution in [0.4, 0.5) is 13.2 Å². The van der Waals surface area contributed by atoms with Gasteiger partial charge in [0.25, 0.3) is 0 Å². The number of alkyl halides is 3. The van der Waals surface area contributed by atoms with E-state index in [0.717, 1.165) is 5.75 Å². The molecule has 0 aliphatic carbocycles. The Balaban J connectivity index is 2.30. The van der Waals surface area contributed by atoms with Crippen LogP contribution in [-0.4, -0.2) is 23.7 Å². The normalized spacial score (nSPS) is 16.1. The van der Waals surface area contributed by atoms with Gasteiger partial charge in [-0.25, -0.2) is 0 Å². The minimum Gasteiger partial charge on any atom is -0.405 e. The smallest absolute Gasteiger partial charge is 0.405 e. The van der Waals surface area contributed by atoms with Gasteiger partial charge in [0.05, 0.1) is 0 Å². The van der Waals surface area contributed by atoms with Crippen LogP contribution >= 0.6 is 11.8 Å². The second-order valence-corrected chi connectivity index (χ2v) is 4.16. The van der Waals surface area contributed by atoms with Crippen LogP contribution in [0.15, 0.2) is 29.3 Å². The highest BCUT2D eigenvalue weighted by Gasteiger charge is 2.32. The number of nitrogens with zero attached hydrogens (tertiary/aromatic N) is 1. The van der Waals surface area contributed by atoms with Crippen LogP contribution in [0.3, 0.4) is 0 Å². The summed E-state index contributed by atoms with van der Waals surface area (Å²) in [5.74, 6) is 0.610. The minimum atomic E-state index is -4.67. The zero-order chi connectivity index (χ0) is 11.6. The third-order valence-electron chi connectivity index (χ3n) is 1.93. The SMILES string of the molecule is FC(F)(F)Oc1ccccc1C1=NCCS1. The Labute approximate surface area is 94.5 Å². The van der Waals surface area contributed by atoms with Crippen molar-refractivity contribution in [2.24, 2.45) is 4.99 Å². The molecule has 0 radical (unpaired) electrons. The summed E-state index contributed by atoms with van der Waals surface area (Å²) in [5.41, 5.74) is 0.405. The van der Waals surface area contributed by atoms with E-state index in [1.165, 1.54) is 23.9 Å². The molecule has 0 N–H and O–H groups in total. The Morgan fingerprint density at radius 1 is 1.25 bits per heavy atom. The fourth-order valence-electron chi connectivity index (χ4n) is 1.36. The van der Waals surface area contributed by atoms with Crippen molar-refractivity contribution < 1.29 is 17.9 Å². The van der Waals surface area contributed by atoms with Crippen molar-refractivity contribution in [1.82, 2.24) is 0 Å². The predicted molar refractivity (Wildman–Crippen MR) is 57.0 cm³/mol. The first-order chi connectivity index (χ1) is 7.56. The lowest BCUT2D eigenvalue weighted by molar-refractivity contribution is -0.274. The second kappa shape index (κ2) is 4.37. The quantitative estimate of drug-likeness (QED) is 0.801. The van der Waals surface area contributed by atoms with E-state index >= 15 is 0 Å². The van der Waals surface area contributed by atoms with Crippen LogP contribution in [0.5, 0.6) is 5.75 Å². The van der Waals surface area contributed by atoms with Gasteiger partial charge in [0.1, 0.15) is 10.8 Å². The molecule has 1 aliphatic rings. The highest BCUT2D eigenvalue weighted by atomic mass is 32.2. The first kappa shape index (κ1) is 11.3. The Morgan fingerprint density at radius 2 is 2.00 bits per heavy atom. The number of benzene rings is 1. The van der Waals surface area contributed by atoms with E-state index in [4.69, 9.17) is 0 Å². The standard InChI is InChI=1S/C10H8F3NOS/c11-10(12,13)15-8-4-2-1-3-7(8)9-14-5-6-16-9/h1-4H,5-6H2. The fraction of sp³-hybridized carbons (Fsp3) is 0.300. The molecule has 6 heteroatoms. The van der Waals surface area contributed by atoms with E-state index in [0.29, 0.717) is 17.2 Å². The fourth-order valence-corrected chi connectivity index (χ4v) is 2.24. The number of rotatable bonds is 2. The van der Waals surface area contributed by atoms with E-state index < -0.39 is 6.36 Å². The lowest BCUT2D eigenvalue weighted by Crippen LogP contribution is -2.18. The van der Waals surface area contributed by atoms with E-state index in [1.54, 1.807) is 12.1 Å². The second-order valence-electron chi connectivity index (χ2n) is 3.08. The van der Waals surface area contributed by atoms with Gasteiger partial charge in [-0.1, -0.05) is 12.1 Å². The molecule has 0 atom stereocenters. The van der Waals surface area contributed by atoms with Crippen molar-refractivity contribution in [3.05, 3.63) is 29.8 Å². The Hall–Kier alpha value is -1.17. The van der Waals surface area contributed by atoms with Crippen molar-refractivity contribution >= 4 is 16.8 Å². The molecule has 2 rings (SSSR count). The summed E-state index contributed by atoms with van der Waals surface area (Å²) in [7, 11) is 0. The van der Waals surface area contributed by atoms with Crippen molar-refractivity contribution in [3.8, 4) is 5.75 Å². The third-order valence-corrected chi connectivity index (χ3v) is 2.94. The van der Waals surface area contributed by atoms with Gasteiger partial charge in [-0.15, -0.1) is 24.9 Å². The summed E-state index contributed by atoms with van der Waals surface area (Å²) in [4.78, 5) is 4.13. The number of halogens is 3. The summed E-state index contributed by atoms with van der Waals surface area (Å²) in [6.45, 7) is 0.639. The van der Waals surface area contributed by atoms with Gasteiger partial charge in [0.15, 0.2) is 0 Å². The topological polar surface area (TPSA) is 21.6 Å². The van der Waals surface area contributed by atoms with Crippen LogP contribution < -0.4 is 4.74 Å². The lowest BCUT2D eigenvalue weighted by atomic mass is 10.2. The van der Waals surface area contributed by atoms with Crippen LogP contribution in [-0.2, 0) is 0 Å². The molecule has 86 valence electrons. The van der Waals surface area contributed by atoms with Crippen molar-refractivity contribution in [3.63, 3.8) is 0 Å². The monoisotopic (exact) mass is 247 g/mol. The molecule has 2 nitrogen and oxygen atoms in total. The molecular formula is C10H8F3NOS. The number of hydrogen-bond donors (Lipinski definition) is 0. The molecule has 0 spiro atoms. The maximum absolute atomic E-state index is 12.1. The van der Waals surface area contributed by atoms with E-state index in [2.05, 4.69) is 9.73 Å². The highest BCUT2D eigenvalue weighted by Crippen LogP contribution is 2.30. The number of hydrogen-bond acceptors (Lipinski definition) is 3. The molecule has 0 aromatic heterocycles. The molecule has 1 aliphatic heterocycles. The number of thioether (sulfide) groups is 1. The maximum Gasteiger partial charge on any atom is 0.573 e. The van der Waals surface area contributed by atoms with Crippen molar-refractivity contribution in [1.29, 1.82) is 0 Å². The van der Waals surface area contributed by atoms with Crippen molar-refractivity contribution in [2.45, 2.75) is 6.36 Å². The summed E-state index contributed by atoms with van der Waals surface area (Å²) < 4.78 is 40.4. The maximum atomic E-state index is 12.1. The van der Waals surface area contributed by atoms with Gasteiger partial charge in [-0.2, -0.15) is 0 Å². The summed E-state index contributed by atoms with van der Waals surface area (Å²) in [6.07, 6.45) is -4.67. The minimum absolute atomic E-state index is 0.192. The van der Waals surface area contributed by atoms with Gasteiger partial charge < -0.3 is 4.74 Å². The van der Waals surface area contributed by atoms with E-state index in [9.17, 15) is 13.2 Å². The molecule has 1 heterocycles. The molecule has 0 unspecified atom stereocenters. The van der Waals surface area contributed by atoms with E-state index in [-0.39, 0.29) is 5.75 Å². The van der Waals surface area contributed by atoms with Crippen molar-refractivity contribution in [2.75, 3.05) is 12.3 Å². The van der Waals surface area contributed by atoms with Crippen LogP contribution in [0, 0.1) is 0 Å².